The first kappa shape index (κ1) is 35.5. The zero-order valence-electron chi connectivity index (χ0n) is 35.5. The average Bonchev–Trinajstić information content (AvgIpc) is 4.12. The summed E-state index contributed by atoms with van der Waals surface area (Å²) >= 11 is 0. The highest BCUT2D eigenvalue weighted by Crippen LogP contribution is 2.51. The predicted octanol–water partition coefficient (Wildman–Crippen LogP) is 16.0. The van der Waals surface area contributed by atoms with Crippen LogP contribution in [0.1, 0.15) is 0 Å². The van der Waals surface area contributed by atoms with Crippen LogP contribution in [0.25, 0.3) is 98.3 Å². The maximum Gasteiger partial charge on any atom is 0.165 e. The molecule has 306 valence electrons. The molecule has 10 aromatic carbocycles. The number of rotatable bonds is 6. The molecule has 0 unspecified atom stereocenters. The van der Waals surface area contributed by atoms with Crippen molar-refractivity contribution in [3.63, 3.8) is 0 Å². The van der Waals surface area contributed by atoms with Crippen molar-refractivity contribution < 1.29 is 0 Å². The van der Waals surface area contributed by atoms with Gasteiger partial charge < -0.3 is 9.80 Å². The van der Waals surface area contributed by atoms with Crippen molar-refractivity contribution in [3.05, 3.63) is 218 Å². The van der Waals surface area contributed by atoms with Gasteiger partial charge in [0.1, 0.15) is 11.0 Å². The molecule has 0 aliphatic carbocycles. The molecular weight excluding hydrogens is 805 g/mol. The minimum Gasteiger partial charge on any atom is -0.308 e. The van der Waals surface area contributed by atoms with Gasteiger partial charge in [0.2, 0.25) is 0 Å². The second-order valence-corrected chi connectivity index (χ2v) is 17.3. The molecule has 66 heavy (non-hydrogen) atoms. The number of benzene rings is 10. The Bertz CT molecular complexity index is 4020. The predicted molar refractivity (Wildman–Crippen MR) is 276 cm³/mol. The molecule has 5 heterocycles. The van der Waals surface area contributed by atoms with Gasteiger partial charge >= 0.3 is 0 Å². The van der Waals surface area contributed by atoms with Crippen LogP contribution < -0.4 is 9.80 Å². The molecule has 0 N–H and O–H groups in total. The van der Waals surface area contributed by atoms with Gasteiger partial charge in [0, 0.05) is 55.1 Å². The van der Waals surface area contributed by atoms with Gasteiger partial charge in [-0.2, -0.15) is 0 Å². The summed E-state index contributed by atoms with van der Waals surface area (Å²) in [4.78, 5) is 16.5. The Morgan fingerprint density at radius 1 is 0.288 bits per heavy atom. The zero-order valence-corrected chi connectivity index (χ0v) is 35.5. The van der Waals surface area contributed by atoms with E-state index >= 15 is 0 Å². The molecule has 0 radical (unpaired) electrons. The minimum absolute atomic E-state index is 0.848. The maximum atomic E-state index is 5.84. The van der Waals surface area contributed by atoms with Gasteiger partial charge in [-0.05, 0) is 82.2 Å². The van der Waals surface area contributed by atoms with Gasteiger partial charge in [-0.15, -0.1) is 0 Å². The summed E-state index contributed by atoms with van der Waals surface area (Å²) in [6, 6.07) is 78.5. The van der Waals surface area contributed by atoms with E-state index in [9.17, 15) is 0 Å². The topological polar surface area (TPSA) is 41.1 Å². The smallest absolute Gasteiger partial charge is 0.165 e. The van der Waals surface area contributed by atoms with Crippen LogP contribution in [-0.2, 0) is 0 Å². The highest BCUT2D eigenvalue weighted by atomic mass is 15.2. The van der Waals surface area contributed by atoms with E-state index in [0.29, 0.717) is 0 Å². The number of hydrogen-bond donors (Lipinski definition) is 0. The van der Waals surface area contributed by atoms with Crippen molar-refractivity contribution in [2.45, 2.75) is 0 Å². The van der Waals surface area contributed by atoms with E-state index in [4.69, 9.17) is 9.97 Å². The summed E-state index contributed by atoms with van der Waals surface area (Å²) in [6.07, 6.45) is 0. The number of anilines is 6. The van der Waals surface area contributed by atoms with Gasteiger partial charge in [0.05, 0.1) is 33.4 Å². The number of hydrogen-bond acceptors (Lipinski definition) is 4. The van der Waals surface area contributed by atoms with Crippen molar-refractivity contribution >= 4 is 132 Å². The average molecular weight is 841 g/mol. The van der Waals surface area contributed by atoms with Crippen LogP contribution in [0, 0.1) is 0 Å². The van der Waals surface area contributed by atoms with Crippen molar-refractivity contribution in [2.24, 2.45) is 0 Å². The molecule has 15 rings (SSSR count). The van der Waals surface area contributed by atoms with E-state index in [2.05, 4.69) is 237 Å². The molecule has 0 spiro atoms. The summed E-state index contributed by atoms with van der Waals surface area (Å²) in [5, 5.41) is 11.8. The van der Waals surface area contributed by atoms with Crippen LogP contribution in [0.2, 0.25) is 0 Å². The molecule has 0 aliphatic rings. The number of nitrogens with zero attached hydrogens (tertiary/aromatic N) is 6. The monoisotopic (exact) mass is 840 g/mol. The third-order valence-electron chi connectivity index (χ3n) is 13.8. The lowest BCUT2D eigenvalue weighted by Crippen LogP contribution is -2.11. The van der Waals surface area contributed by atoms with Crippen molar-refractivity contribution in [1.82, 2.24) is 18.8 Å². The summed E-state index contributed by atoms with van der Waals surface area (Å²) in [5.74, 6) is 0. The number of aromatic nitrogens is 4. The first-order valence-corrected chi connectivity index (χ1v) is 22.5. The van der Waals surface area contributed by atoms with E-state index in [1.54, 1.807) is 0 Å². The third-order valence-corrected chi connectivity index (χ3v) is 13.8. The summed E-state index contributed by atoms with van der Waals surface area (Å²) in [5.41, 5.74) is 14.4. The molecule has 0 aliphatic heterocycles. The number of para-hydroxylation sites is 6. The van der Waals surface area contributed by atoms with Crippen molar-refractivity contribution in [3.8, 4) is 0 Å². The first-order chi connectivity index (χ1) is 32.8. The van der Waals surface area contributed by atoms with Crippen LogP contribution in [0.15, 0.2) is 218 Å². The lowest BCUT2D eigenvalue weighted by Gasteiger charge is -2.27. The molecule has 0 bridgehead atoms. The summed E-state index contributed by atoms with van der Waals surface area (Å²) < 4.78 is 4.83. The Balaban J connectivity index is 1.12. The van der Waals surface area contributed by atoms with Crippen LogP contribution in [-0.4, -0.2) is 18.8 Å². The molecule has 0 amide bonds. The SMILES string of the molecule is c1ccc(N(c2ccccc2)c2cc3ccccc3c3c4cccc5c6nc7c(nc6n(c23)c54)c2cccc3c4c5ccccc5cc(N(c5ccccc5)c5ccccc5)c4n7c23)cc1. The highest BCUT2D eigenvalue weighted by molar-refractivity contribution is 6.33. The molecule has 5 aromatic heterocycles. The quantitative estimate of drug-likeness (QED) is 0.167. The Morgan fingerprint density at radius 3 is 0.985 bits per heavy atom. The van der Waals surface area contributed by atoms with Gasteiger partial charge in [-0.1, -0.05) is 158 Å². The third kappa shape index (κ3) is 4.69. The summed E-state index contributed by atoms with van der Waals surface area (Å²) in [6.45, 7) is 0. The molecule has 0 saturated heterocycles. The second kappa shape index (κ2) is 13.3. The molecule has 6 heteroatoms. The van der Waals surface area contributed by atoms with E-state index in [1.165, 1.54) is 43.1 Å². The van der Waals surface area contributed by atoms with Gasteiger partial charge in [0.15, 0.2) is 11.3 Å². The Hall–Kier alpha value is -9.00. The first-order valence-electron chi connectivity index (χ1n) is 22.5. The van der Waals surface area contributed by atoms with Crippen LogP contribution in [0.3, 0.4) is 0 Å². The fourth-order valence-electron chi connectivity index (χ4n) is 11.2. The molecule has 0 atom stereocenters. The molecule has 15 aromatic rings. The fraction of sp³-hybridized carbons (Fsp3) is 0. The van der Waals surface area contributed by atoms with Crippen LogP contribution >= 0.6 is 0 Å². The van der Waals surface area contributed by atoms with Crippen molar-refractivity contribution in [2.75, 3.05) is 9.80 Å². The molecule has 6 nitrogen and oxygen atoms in total. The molecular formula is C60H36N6. The van der Waals surface area contributed by atoms with Crippen LogP contribution in [0.4, 0.5) is 34.1 Å². The van der Waals surface area contributed by atoms with Gasteiger partial charge in [-0.25, -0.2) is 9.97 Å². The zero-order chi connectivity index (χ0) is 43.0. The lowest BCUT2D eigenvalue weighted by molar-refractivity contribution is 1.23. The van der Waals surface area contributed by atoms with E-state index in [-0.39, 0.29) is 0 Å². The van der Waals surface area contributed by atoms with E-state index < -0.39 is 0 Å². The maximum absolute atomic E-state index is 5.84. The molecule has 0 saturated carbocycles. The van der Waals surface area contributed by atoms with Crippen LogP contribution in [0.5, 0.6) is 0 Å². The Labute approximate surface area is 377 Å². The molecule has 0 fully saturated rings. The van der Waals surface area contributed by atoms with E-state index in [0.717, 1.165) is 89.3 Å². The largest absolute Gasteiger partial charge is 0.308 e. The second-order valence-electron chi connectivity index (χ2n) is 17.3. The van der Waals surface area contributed by atoms with E-state index in [1.807, 2.05) is 0 Å². The number of fused-ring (bicyclic) bond motifs is 16. The Kier molecular flexibility index (Phi) is 7.13. The lowest BCUT2D eigenvalue weighted by atomic mass is 10.0. The van der Waals surface area contributed by atoms with Gasteiger partial charge in [0.25, 0.3) is 0 Å². The Morgan fingerprint density at radius 2 is 0.606 bits per heavy atom. The standard InChI is InChI=1S/C60H36N6/c1-5-21-39(22-6-1)63(40-23-7-2-8-24-40)49-35-37-19-13-15-29-43(37)51-45-31-17-33-47-53-59(65(55(45)47)57(49)51)61-54-48-34-18-32-46-52-44-30-16-14-20-38(44)36-50(58(52)66(56(46)48)60(54)62-53)64(41-25-9-3-10-26-41)42-27-11-4-12-28-42/h1-36H. The summed E-state index contributed by atoms with van der Waals surface area (Å²) in [7, 11) is 0. The fourth-order valence-corrected chi connectivity index (χ4v) is 11.2. The highest BCUT2D eigenvalue weighted by Gasteiger charge is 2.30. The van der Waals surface area contributed by atoms with Crippen molar-refractivity contribution in [1.29, 1.82) is 0 Å². The van der Waals surface area contributed by atoms with Gasteiger partial charge in [-0.3, -0.25) is 8.80 Å². The normalized spacial score (nSPS) is 12.2. The minimum atomic E-state index is 0.848.